The Labute approximate surface area is 257 Å². The molecule has 13 heteroatoms. The number of hydrogen-bond acceptors (Lipinski definition) is 9. The van der Waals surface area contributed by atoms with Crippen LogP contribution in [0, 0.1) is 12.8 Å². The molecule has 1 aliphatic heterocycles. The van der Waals surface area contributed by atoms with Gasteiger partial charge in [-0.25, -0.2) is 4.79 Å². The van der Waals surface area contributed by atoms with Crippen LogP contribution in [0.4, 0.5) is 4.79 Å². The lowest BCUT2D eigenvalue weighted by Gasteiger charge is -2.59. The number of carbonyl (C=O) groups is 4. The quantitative estimate of drug-likeness (QED) is 0.217. The number of benzene rings is 1. The van der Waals surface area contributed by atoms with Crippen molar-refractivity contribution >= 4 is 23.9 Å². The zero-order valence-electron chi connectivity index (χ0n) is 25.9. The molecule has 1 saturated heterocycles. The van der Waals surface area contributed by atoms with Crippen LogP contribution >= 0.6 is 0 Å². The van der Waals surface area contributed by atoms with E-state index in [0.29, 0.717) is 29.4 Å². The predicted octanol–water partition coefficient (Wildman–Crippen LogP) is 1.64. The molecule has 0 spiro atoms. The average molecular weight is 617 g/mol. The summed E-state index contributed by atoms with van der Waals surface area (Å²) in [6.07, 6.45) is 3.83. The summed E-state index contributed by atoms with van der Waals surface area (Å²) >= 11 is 0. The molecule has 4 rings (SSSR count). The number of likely N-dealkylation sites (N-methyl/N-ethyl adjacent to an activating group) is 1. The number of aromatic hydroxyl groups is 1. The van der Waals surface area contributed by atoms with Crippen molar-refractivity contribution in [2.75, 3.05) is 46.9 Å². The Balaban J connectivity index is 1.47. The Morgan fingerprint density at radius 2 is 1.89 bits per heavy atom. The number of fused-ring (bicyclic) bond motifs is 1. The van der Waals surface area contributed by atoms with E-state index in [0.717, 1.165) is 18.7 Å². The molecule has 2 aliphatic carbocycles. The van der Waals surface area contributed by atoms with Gasteiger partial charge in [-0.05, 0) is 63.3 Å². The number of carboxylic acid groups (broad SMARTS) is 1. The number of allylic oxidation sites excluding steroid dienone is 1. The number of aliphatic hydroxyl groups is 1. The number of aliphatic carboxylic acids is 1. The summed E-state index contributed by atoms with van der Waals surface area (Å²) in [7, 11) is 3.02. The minimum absolute atomic E-state index is 0.0192. The predicted molar refractivity (Wildman–Crippen MR) is 159 cm³/mol. The van der Waals surface area contributed by atoms with E-state index in [2.05, 4.69) is 15.5 Å². The van der Waals surface area contributed by atoms with Crippen molar-refractivity contribution in [1.29, 1.82) is 0 Å². The van der Waals surface area contributed by atoms with Crippen LogP contribution in [0.5, 0.6) is 11.5 Å². The van der Waals surface area contributed by atoms with Gasteiger partial charge in [0, 0.05) is 56.5 Å². The van der Waals surface area contributed by atoms with Crippen LogP contribution in [0.1, 0.15) is 56.6 Å². The molecule has 1 aromatic carbocycles. The third-order valence-electron chi connectivity index (χ3n) is 9.29. The van der Waals surface area contributed by atoms with Gasteiger partial charge >= 0.3 is 12.1 Å². The van der Waals surface area contributed by atoms with Gasteiger partial charge in [0.1, 0.15) is 12.2 Å². The molecule has 2 unspecified atom stereocenters. The summed E-state index contributed by atoms with van der Waals surface area (Å²) in [6, 6.07) is 3.20. The lowest BCUT2D eigenvalue weighted by Crippen LogP contribution is -2.69. The van der Waals surface area contributed by atoms with Gasteiger partial charge in [-0.15, -0.1) is 0 Å². The number of nitrogens with zero attached hydrogens (tertiary/aromatic N) is 2. The Morgan fingerprint density at radius 1 is 1.16 bits per heavy atom. The fraction of sp³-hybridized carbons (Fsp3) is 0.613. The molecule has 3 aliphatic rings. The number of amides is 3. The molecule has 1 heterocycles. The van der Waals surface area contributed by atoms with Crippen molar-refractivity contribution in [2.24, 2.45) is 5.92 Å². The van der Waals surface area contributed by atoms with Gasteiger partial charge in [0.2, 0.25) is 11.8 Å². The van der Waals surface area contributed by atoms with Gasteiger partial charge in [-0.3, -0.25) is 19.3 Å². The van der Waals surface area contributed by atoms with Crippen LogP contribution in [-0.4, -0.2) is 108 Å². The van der Waals surface area contributed by atoms with Crippen LogP contribution in [-0.2, 0) is 24.5 Å². The van der Waals surface area contributed by atoms with E-state index in [9.17, 15) is 29.4 Å². The number of hydrogen-bond donors (Lipinski definition) is 5. The SMILES string of the molecule is COc1c(O)ccc(C)c1[C@]12CCN(CC3CC3)C(C)C1(O)CC=C(OC(=O)N(C)CCNC(=O)CNC(=O)CC(=O)O)C2. The largest absolute Gasteiger partial charge is 0.504 e. The van der Waals surface area contributed by atoms with E-state index in [-0.39, 0.29) is 44.3 Å². The number of methoxy groups -OCH3 is 1. The molecular formula is C31H44N4O9. The van der Waals surface area contributed by atoms with E-state index in [1.165, 1.54) is 31.9 Å². The van der Waals surface area contributed by atoms with Crippen LogP contribution < -0.4 is 15.4 Å². The molecular weight excluding hydrogens is 572 g/mol. The monoisotopic (exact) mass is 616 g/mol. The number of likely N-dealkylation sites (tertiary alicyclic amines) is 1. The van der Waals surface area contributed by atoms with Crippen molar-refractivity contribution in [3.8, 4) is 11.5 Å². The Morgan fingerprint density at radius 3 is 2.55 bits per heavy atom. The number of rotatable bonds is 12. The topological polar surface area (TPSA) is 178 Å². The molecule has 1 aromatic rings. The molecule has 2 fully saturated rings. The highest BCUT2D eigenvalue weighted by atomic mass is 16.6. The number of carbonyl (C=O) groups excluding carboxylic acids is 3. The maximum Gasteiger partial charge on any atom is 0.414 e. The second-order valence-corrected chi connectivity index (χ2v) is 12.2. The van der Waals surface area contributed by atoms with Gasteiger partial charge in [0.05, 0.1) is 19.3 Å². The molecule has 0 aromatic heterocycles. The summed E-state index contributed by atoms with van der Waals surface area (Å²) in [5.74, 6) is -1.25. The van der Waals surface area contributed by atoms with E-state index in [1.54, 1.807) is 12.1 Å². The zero-order chi connectivity index (χ0) is 32.2. The zero-order valence-corrected chi connectivity index (χ0v) is 25.9. The van der Waals surface area contributed by atoms with E-state index in [4.69, 9.17) is 14.6 Å². The molecule has 3 amide bonds. The Kier molecular flexibility index (Phi) is 10.1. The van der Waals surface area contributed by atoms with Crippen LogP contribution in [0.25, 0.3) is 0 Å². The highest BCUT2D eigenvalue weighted by Gasteiger charge is 2.61. The molecule has 5 N–H and O–H groups in total. The van der Waals surface area contributed by atoms with Crippen molar-refractivity contribution in [1.82, 2.24) is 20.4 Å². The first-order valence-electron chi connectivity index (χ1n) is 15.0. The highest BCUT2D eigenvalue weighted by molar-refractivity contribution is 5.95. The number of carboxylic acids is 1. The smallest absolute Gasteiger partial charge is 0.414 e. The molecule has 44 heavy (non-hydrogen) atoms. The van der Waals surface area contributed by atoms with Crippen molar-refractivity contribution < 1.29 is 44.0 Å². The molecule has 13 nitrogen and oxygen atoms in total. The van der Waals surface area contributed by atoms with Crippen molar-refractivity contribution in [3.63, 3.8) is 0 Å². The fourth-order valence-corrected chi connectivity index (χ4v) is 6.64. The van der Waals surface area contributed by atoms with Gasteiger partial charge in [-0.1, -0.05) is 6.07 Å². The minimum Gasteiger partial charge on any atom is -0.504 e. The van der Waals surface area contributed by atoms with E-state index < -0.39 is 41.3 Å². The van der Waals surface area contributed by atoms with E-state index >= 15 is 0 Å². The number of phenols is 1. The standard InChI is InChI=1S/C31H44N4O9/c1-19-5-8-23(36)28(43-4)27(19)30-11-13-35(18-21-6-7-21)20(2)31(30,42)10-9-22(16-30)44-29(41)34(3)14-12-32-25(38)17-33-24(37)15-26(39)40/h5,8-9,20-21,36,42H,6-7,10-18H2,1-4H3,(H,32,38)(H,33,37)(H,39,40)/t20?,30-,31?/m1/s1. The van der Waals surface area contributed by atoms with Gasteiger partial charge in [0.15, 0.2) is 11.5 Å². The lowest BCUT2D eigenvalue weighted by molar-refractivity contribution is -0.141. The molecule has 0 bridgehead atoms. The minimum atomic E-state index is -1.29. The number of phenolic OH excluding ortho intramolecular Hbond substituents is 1. The maximum absolute atomic E-state index is 13.1. The second-order valence-electron chi connectivity index (χ2n) is 12.2. The number of aryl methyl sites for hydroxylation is 1. The van der Waals surface area contributed by atoms with Crippen LogP contribution in [0.2, 0.25) is 0 Å². The molecule has 3 atom stereocenters. The molecule has 0 radical (unpaired) electrons. The summed E-state index contributed by atoms with van der Waals surface area (Å²) in [5, 5.41) is 36.7. The first kappa shape index (κ1) is 33.1. The van der Waals surface area contributed by atoms with Crippen molar-refractivity contribution in [3.05, 3.63) is 35.1 Å². The average Bonchev–Trinajstić information content (AvgIpc) is 3.79. The van der Waals surface area contributed by atoms with Gasteiger partial charge < -0.3 is 40.3 Å². The Bertz CT molecular complexity index is 1310. The summed E-state index contributed by atoms with van der Waals surface area (Å²) < 4.78 is 11.5. The first-order chi connectivity index (χ1) is 20.8. The molecule has 1 saturated carbocycles. The first-order valence-corrected chi connectivity index (χ1v) is 15.0. The second kappa shape index (κ2) is 13.4. The summed E-state index contributed by atoms with van der Waals surface area (Å²) in [5.41, 5.74) is -0.547. The third-order valence-corrected chi connectivity index (χ3v) is 9.29. The number of piperidine rings is 1. The lowest BCUT2D eigenvalue weighted by atomic mass is 9.54. The third kappa shape index (κ3) is 6.94. The fourth-order valence-electron chi connectivity index (χ4n) is 6.64. The highest BCUT2D eigenvalue weighted by Crippen LogP contribution is 2.58. The normalized spacial score (nSPS) is 24.8. The maximum atomic E-state index is 13.1. The summed E-state index contributed by atoms with van der Waals surface area (Å²) in [6.45, 7) is 5.45. The summed E-state index contributed by atoms with van der Waals surface area (Å²) in [4.78, 5) is 50.7. The number of nitrogens with one attached hydrogen (secondary N) is 2. The van der Waals surface area contributed by atoms with E-state index in [1.807, 2.05) is 19.9 Å². The van der Waals surface area contributed by atoms with Crippen LogP contribution in [0.3, 0.4) is 0 Å². The van der Waals surface area contributed by atoms with Gasteiger partial charge in [-0.2, -0.15) is 0 Å². The van der Waals surface area contributed by atoms with Crippen LogP contribution in [0.15, 0.2) is 24.0 Å². The number of ether oxygens (including phenoxy) is 2. The van der Waals surface area contributed by atoms with Gasteiger partial charge in [0.25, 0.3) is 0 Å². The van der Waals surface area contributed by atoms with Crippen molar-refractivity contribution in [2.45, 2.75) is 69.4 Å². The molecule has 242 valence electrons. The Hall–Kier alpha value is -3.84.